The molecular weight excluding hydrogens is 254 g/mol. The number of amides is 2. The molecule has 0 aromatic heterocycles. The fourth-order valence-corrected chi connectivity index (χ4v) is 1.13. The maximum atomic E-state index is 11.5. The van der Waals surface area contributed by atoms with Crippen molar-refractivity contribution in [2.45, 2.75) is 32.4 Å². The molecule has 0 aliphatic rings. The van der Waals surface area contributed by atoms with Crippen molar-refractivity contribution in [1.29, 1.82) is 0 Å². The van der Waals surface area contributed by atoms with E-state index in [4.69, 9.17) is 15.6 Å². The molecule has 8 heteroatoms. The van der Waals surface area contributed by atoms with Crippen molar-refractivity contribution >= 4 is 17.8 Å². The van der Waals surface area contributed by atoms with Crippen LogP contribution in [0.5, 0.6) is 0 Å². The van der Waals surface area contributed by atoms with Gasteiger partial charge in [-0.25, -0.2) is 0 Å². The molecule has 2 amide bonds. The van der Waals surface area contributed by atoms with E-state index < -0.39 is 24.0 Å². The molecule has 0 saturated heterocycles. The van der Waals surface area contributed by atoms with Gasteiger partial charge in [-0.05, 0) is 13.8 Å². The monoisotopic (exact) mass is 275 g/mol. The van der Waals surface area contributed by atoms with Crippen molar-refractivity contribution in [2.75, 3.05) is 19.8 Å². The fourth-order valence-electron chi connectivity index (χ4n) is 1.13. The number of aliphatic carboxylic acids is 1. The van der Waals surface area contributed by atoms with Crippen molar-refractivity contribution in [1.82, 2.24) is 10.6 Å². The number of ether oxygens (including phenoxy) is 1. The van der Waals surface area contributed by atoms with Gasteiger partial charge in [-0.15, -0.1) is 0 Å². The molecule has 5 N–H and O–H groups in total. The lowest BCUT2D eigenvalue weighted by Gasteiger charge is -2.16. The van der Waals surface area contributed by atoms with E-state index >= 15 is 0 Å². The van der Waals surface area contributed by atoms with Crippen LogP contribution >= 0.6 is 0 Å². The Kier molecular flexibility index (Phi) is 8.47. The third-order valence-electron chi connectivity index (χ3n) is 2.24. The molecule has 0 rings (SSSR count). The molecule has 8 nitrogen and oxygen atoms in total. The number of nitrogens with two attached hydrogens (primary N) is 1. The standard InChI is InChI=1S/C11H21N3O5/c1-7(10(16)14-8(2)11(17)18)13-9(15)3-5-19-6-4-12/h7-8H,3-6,12H2,1-2H3,(H,13,15)(H,14,16)(H,17,18). The van der Waals surface area contributed by atoms with Crippen molar-refractivity contribution in [3.8, 4) is 0 Å². The zero-order valence-electron chi connectivity index (χ0n) is 11.1. The Morgan fingerprint density at radius 3 is 2.32 bits per heavy atom. The molecule has 0 bridgehead atoms. The van der Waals surface area contributed by atoms with Gasteiger partial charge in [0.25, 0.3) is 0 Å². The Bertz CT molecular complexity index is 321. The minimum Gasteiger partial charge on any atom is -0.480 e. The van der Waals surface area contributed by atoms with E-state index in [-0.39, 0.29) is 18.9 Å². The summed E-state index contributed by atoms with van der Waals surface area (Å²) >= 11 is 0. The molecule has 110 valence electrons. The normalized spacial score (nSPS) is 13.4. The molecular formula is C11H21N3O5. The highest BCUT2D eigenvalue weighted by Gasteiger charge is 2.20. The van der Waals surface area contributed by atoms with Gasteiger partial charge in [0.2, 0.25) is 11.8 Å². The Balaban J connectivity index is 3.94. The van der Waals surface area contributed by atoms with E-state index in [0.29, 0.717) is 13.2 Å². The molecule has 0 heterocycles. The molecule has 2 unspecified atom stereocenters. The maximum absolute atomic E-state index is 11.5. The van der Waals surface area contributed by atoms with Crippen molar-refractivity contribution in [3.05, 3.63) is 0 Å². The Morgan fingerprint density at radius 2 is 1.79 bits per heavy atom. The molecule has 0 aromatic carbocycles. The van der Waals surface area contributed by atoms with Crippen LogP contribution in [0.2, 0.25) is 0 Å². The topological polar surface area (TPSA) is 131 Å². The first-order chi connectivity index (χ1) is 8.88. The van der Waals surface area contributed by atoms with Crippen LogP contribution < -0.4 is 16.4 Å². The second-order valence-corrected chi connectivity index (χ2v) is 4.01. The van der Waals surface area contributed by atoms with Crippen molar-refractivity contribution in [2.24, 2.45) is 5.73 Å². The number of carbonyl (C=O) groups is 3. The van der Waals surface area contributed by atoms with E-state index in [1.807, 2.05) is 0 Å². The van der Waals surface area contributed by atoms with Gasteiger partial charge in [0.1, 0.15) is 12.1 Å². The highest BCUT2D eigenvalue weighted by atomic mass is 16.5. The van der Waals surface area contributed by atoms with E-state index in [1.54, 1.807) is 0 Å². The number of rotatable bonds is 9. The Morgan fingerprint density at radius 1 is 1.16 bits per heavy atom. The number of carboxylic acid groups (broad SMARTS) is 1. The van der Waals surface area contributed by atoms with Crippen LogP contribution in [0.3, 0.4) is 0 Å². The van der Waals surface area contributed by atoms with E-state index in [1.165, 1.54) is 13.8 Å². The summed E-state index contributed by atoms with van der Waals surface area (Å²) in [6.07, 6.45) is 0.117. The summed E-state index contributed by atoms with van der Waals surface area (Å²) in [4.78, 5) is 33.5. The van der Waals surface area contributed by atoms with Crippen molar-refractivity contribution in [3.63, 3.8) is 0 Å². The highest BCUT2D eigenvalue weighted by Crippen LogP contribution is 1.90. The maximum Gasteiger partial charge on any atom is 0.325 e. The minimum absolute atomic E-state index is 0.117. The predicted octanol–water partition coefficient (Wildman–Crippen LogP) is -1.55. The SMILES string of the molecule is CC(NC(=O)C(C)NC(=O)CCOCCN)C(=O)O. The van der Waals surface area contributed by atoms with Gasteiger partial charge >= 0.3 is 5.97 Å². The fraction of sp³-hybridized carbons (Fsp3) is 0.727. The van der Waals surface area contributed by atoms with Crippen LogP contribution in [0.4, 0.5) is 0 Å². The zero-order valence-corrected chi connectivity index (χ0v) is 11.1. The summed E-state index contributed by atoms with van der Waals surface area (Å²) in [5.74, 6) is -2.03. The zero-order chi connectivity index (χ0) is 14.8. The molecule has 2 atom stereocenters. The minimum atomic E-state index is -1.14. The van der Waals surface area contributed by atoms with Gasteiger partial charge in [-0.3, -0.25) is 14.4 Å². The third-order valence-corrected chi connectivity index (χ3v) is 2.24. The van der Waals surface area contributed by atoms with Crippen LogP contribution in [-0.2, 0) is 19.1 Å². The van der Waals surface area contributed by atoms with Gasteiger partial charge < -0.3 is 26.2 Å². The molecule has 19 heavy (non-hydrogen) atoms. The number of carbonyl (C=O) groups excluding carboxylic acids is 2. The van der Waals surface area contributed by atoms with E-state index in [0.717, 1.165) is 0 Å². The number of nitrogens with one attached hydrogen (secondary N) is 2. The summed E-state index contributed by atoms with van der Waals surface area (Å²) in [7, 11) is 0. The van der Waals surface area contributed by atoms with E-state index in [2.05, 4.69) is 10.6 Å². The molecule has 0 spiro atoms. The average Bonchev–Trinajstić information content (AvgIpc) is 2.34. The molecule has 0 aromatic rings. The Hall–Kier alpha value is -1.67. The smallest absolute Gasteiger partial charge is 0.325 e. The van der Waals surface area contributed by atoms with Gasteiger partial charge in [-0.2, -0.15) is 0 Å². The number of hydrogen-bond acceptors (Lipinski definition) is 5. The van der Waals surface area contributed by atoms with Crippen LogP contribution in [0.1, 0.15) is 20.3 Å². The second kappa shape index (κ2) is 9.29. The van der Waals surface area contributed by atoms with Gasteiger partial charge in [0.15, 0.2) is 0 Å². The third kappa shape index (κ3) is 8.11. The average molecular weight is 275 g/mol. The summed E-state index contributed by atoms with van der Waals surface area (Å²) in [6, 6.07) is -1.80. The molecule has 0 radical (unpaired) electrons. The van der Waals surface area contributed by atoms with Crippen molar-refractivity contribution < 1.29 is 24.2 Å². The Labute approximate surface area is 111 Å². The first-order valence-corrected chi connectivity index (χ1v) is 5.98. The summed E-state index contributed by atoms with van der Waals surface area (Å²) in [6.45, 7) is 3.80. The summed E-state index contributed by atoms with van der Waals surface area (Å²) < 4.78 is 5.03. The first kappa shape index (κ1) is 17.3. The highest BCUT2D eigenvalue weighted by molar-refractivity contribution is 5.89. The first-order valence-electron chi connectivity index (χ1n) is 5.98. The van der Waals surface area contributed by atoms with Gasteiger partial charge in [0.05, 0.1) is 13.2 Å². The number of carboxylic acids is 1. The van der Waals surface area contributed by atoms with E-state index in [9.17, 15) is 14.4 Å². The molecule has 0 aliphatic carbocycles. The largest absolute Gasteiger partial charge is 0.480 e. The van der Waals surface area contributed by atoms with Gasteiger partial charge in [0, 0.05) is 13.0 Å². The lowest BCUT2D eigenvalue weighted by molar-refractivity contribution is -0.141. The molecule has 0 saturated carbocycles. The van der Waals surface area contributed by atoms with Crippen LogP contribution in [0, 0.1) is 0 Å². The lowest BCUT2D eigenvalue weighted by Crippen LogP contribution is -2.49. The van der Waals surface area contributed by atoms with Crippen LogP contribution in [-0.4, -0.2) is 54.7 Å². The molecule has 0 fully saturated rings. The lowest BCUT2D eigenvalue weighted by atomic mass is 10.2. The summed E-state index contributed by atoms with van der Waals surface area (Å²) in [5, 5.41) is 13.3. The van der Waals surface area contributed by atoms with Crippen LogP contribution in [0.15, 0.2) is 0 Å². The predicted molar refractivity (Wildman–Crippen MR) is 67.3 cm³/mol. The molecule has 0 aliphatic heterocycles. The van der Waals surface area contributed by atoms with Crippen LogP contribution in [0.25, 0.3) is 0 Å². The second-order valence-electron chi connectivity index (χ2n) is 4.01. The quantitative estimate of drug-likeness (QED) is 0.377. The van der Waals surface area contributed by atoms with Gasteiger partial charge in [-0.1, -0.05) is 0 Å². The number of hydrogen-bond donors (Lipinski definition) is 4. The summed E-state index contributed by atoms with van der Waals surface area (Å²) in [5.41, 5.74) is 5.21.